The molecule has 3 heterocycles. The lowest BCUT2D eigenvalue weighted by Gasteiger charge is -2.39. The number of hydrogen-bond acceptors (Lipinski definition) is 4. The Hall–Kier alpha value is -1.79. The lowest BCUT2D eigenvalue weighted by Crippen LogP contribution is -2.45. The van der Waals surface area contributed by atoms with Gasteiger partial charge in [-0.15, -0.1) is 0 Å². The van der Waals surface area contributed by atoms with Gasteiger partial charge in [0.05, 0.1) is 24.8 Å². The molecule has 5 nitrogen and oxygen atoms in total. The predicted octanol–water partition coefficient (Wildman–Crippen LogP) is 2.59. The highest BCUT2D eigenvalue weighted by Crippen LogP contribution is 2.47. The summed E-state index contributed by atoms with van der Waals surface area (Å²) in [5.74, 6) is 0.982. The van der Waals surface area contributed by atoms with Crippen LogP contribution in [0.4, 0.5) is 5.69 Å². The molecule has 1 spiro atoms. The molecule has 6 heteroatoms. The van der Waals surface area contributed by atoms with Gasteiger partial charge in [-0.2, -0.15) is 0 Å². The summed E-state index contributed by atoms with van der Waals surface area (Å²) >= 11 is 0. The van der Waals surface area contributed by atoms with Crippen LogP contribution in [0, 0.1) is 0 Å². The van der Waals surface area contributed by atoms with Crippen molar-refractivity contribution in [3.8, 4) is 0 Å². The maximum Gasteiger partial charge on any atom is 0.232 e. The number of piperidine rings is 1. The normalized spacial score (nSPS) is 20.5. The molecule has 4 rings (SSSR count). The molecule has 0 aliphatic carbocycles. The topological polar surface area (TPSA) is 53.8 Å². The lowest BCUT2D eigenvalue weighted by atomic mass is 9.74. The molecule has 0 unspecified atom stereocenters. The molecule has 0 amide bonds. The van der Waals surface area contributed by atoms with Crippen LogP contribution >= 0.6 is 0 Å². The summed E-state index contributed by atoms with van der Waals surface area (Å²) in [7, 11) is -3.24. The van der Waals surface area contributed by atoms with Crippen molar-refractivity contribution in [2.45, 2.75) is 24.8 Å². The van der Waals surface area contributed by atoms with Crippen LogP contribution in [0.25, 0.3) is 0 Å². The molecule has 1 saturated heterocycles. The molecule has 1 aromatic heterocycles. The Balaban J connectivity index is 1.57. The molecule has 2 aromatic rings. The monoisotopic (exact) mass is 346 g/mol. The molecule has 128 valence electrons. The second kappa shape index (κ2) is 5.63. The summed E-state index contributed by atoms with van der Waals surface area (Å²) < 4.78 is 31.4. The van der Waals surface area contributed by atoms with Crippen molar-refractivity contribution in [3.63, 3.8) is 0 Å². The van der Waals surface area contributed by atoms with Gasteiger partial charge in [0.2, 0.25) is 10.0 Å². The SMILES string of the molecule is CS(=O)(=O)N1CC2(CCN(Cc3ccco3)CC2)c2ccccc21. The van der Waals surface area contributed by atoms with Gasteiger partial charge in [-0.3, -0.25) is 9.21 Å². The van der Waals surface area contributed by atoms with Crippen LogP contribution in [0.1, 0.15) is 24.2 Å². The molecule has 0 bridgehead atoms. The van der Waals surface area contributed by atoms with E-state index in [0.29, 0.717) is 6.54 Å². The number of hydrogen-bond donors (Lipinski definition) is 0. The van der Waals surface area contributed by atoms with Gasteiger partial charge in [-0.25, -0.2) is 8.42 Å². The molecule has 1 aromatic carbocycles. The molecule has 0 N–H and O–H groups in total. The summed E-state index contributed by atoms with van der Waals surface area (Å²) in [5.41, 5.74) is 1.99. The second-order valence-electron chi connectivity index (χ2n) is 6.92. The maximum absolute atomic E-state index is 12.2. The highest BCUT2D eigenvalue weighted by atomic mass is 32.2. The lowest BCUT2D eigenvalue weighted by molar-refractivity contribution is 0.152. The summed E-state index contributed by atoms with van der Waals surface area (Å²) in [6, 6.07) is 11.9. The zero-order chi connectivity index (χ0) is 16.8. The minimum absolute atomic E-state index is 0.0562. The van der Waals surface area contributed by atoms with Crippen molar-refractivity contribution in [2.75, 3.05) is 30.2 Å². The largest absolute Gasteiger partial charge is 0.468 e. The number of rotatable bonds is 3. The quantitative estimate of drug-likeness (QED) is 0.857. The molecule has 2 aliphatic heterocycles. The molecule has 0 atom stereocenters. The van der Waals surface area contributed by atoms with E-state index in [4.69, 9.17) is 4.42 Å². The molecule has 2 aliphatic rings. The minimum atomic E-state index is -3.24. The zero-order valence-electron chi connectivity index (χ0n) is 13.8. The van der Waals surface area contributed by atoms with Gasteiger partial charge in [0.15, 0.2) is 0 Å². The first kappa shape index (κ1) is 15.7. The van der Waals surface area contributed by atoms with Gasteiger partial charge in [0, 0.05) is 12.0 Å². The Bertz CT molecular complexity index is 822. The molecule has 0 saturated carbocycles. The molecular weight excluding hydrogens is 324 g/mol. The van der Waals surface area contributed by atoms with Crippen molar-refractivity contribution in [1.29, 1.82) is 0 Å². The highest BCUT2D eigenvalue weighted by molar-refractivity contribution is 7.92. The highest BCUT2D eigenvalue weighted by Gasteiger charge is 2.46. The molecule has 1 fully saturated rings. The zero-order valence-corrected chi connectivity index (χ0v) is 14.6. The van der Waals surface area contributed by atoms with Gasteiger partial charge in [-0.1, -0.05) is 18.2 Å². The molecule has 24 heavy (non-hydrogen) atoms. The maximum atomic E-state index is 12.2. The summed E-state index contributed by atoms with van der Waals surface area (Å²) in [5, 5.41) is 0. The van der Waals surface area contributed by atoms with Gasteiger partial charge >= 0.3 is 0 Å². The number of furan rings is 1. The van der Waals surface area contributed by atoms with Crippen LogP contribution in [0.2, 0.25) is 0 Å². The second-order valence-corrected chi connectivity index (χ2v) is 8.83. The van der Waals surface area contributed by atoms with E-state index in [1.165, 1.54) is 11.8 Å². The third kappa shape index (κ3) is 2.63. The van der Waals surface area contributed by atoms with Crippen molar-refractivity contribution in [2.24, 2.45) is 0 Å². The average molecular weight is 346 g/mol. The summed E-state index contributed by atoms with van der Waals surface area (Å²) in [6.07, 6.45) is 4.94. The number of nitrogens with zero attached hydrogens (tertiary/aromatic N) is 2. The number of benzene rings is 1. The van der Waals surface area contributed by atoms with Crippen molar-refractivity contribution >= 4 is 15.7 Å². The minimum Gasteiger partial charge on any atom is -0.468 e. The fraction of sp³-hybridized carbons (Fsp3) is 0.444. The fourth-order valence-corrected chi connectivity index (χ4v) is 5.07. The Labute approximate surface area is 142 Å². The van der Waals surface area contributed by atoms with Crippen LogP contribution in [-0.4, -0.2) is 39.2 Å². The van der Waals surface area contributed by atoms with Crippen LogP contribution in [-0.2, 0) is 22.0 Å². The van der Waals surface area contributed by atoms with Crippen LogP contribution in [0.3, 0.4) is 0 Å². The van der Waals surface area contributed by atoms with Crippen molar-refractivity contribution < 1.29 is 12.8 Å². The van der Waals surface area contributed by atoms with Crippen LogP contribution in [0.15, 0.2) is 47.1 Å². The van der Waals surface area contributed by atoms with Crippen LogP contribution < -0.4 is 4.31 Å². The number of likely N-dealkylation sites (tertiary alicyclic amines) is 1. The summed E-state index contributed by atoms with van der Waals surface area (Å²) in [6.45, 7) is 3.29. The van der Waals surface area contributed by atoms with Gasteiger partial charge < -0.3 is 4.42 Å². The van der Waals surface area contributed by atoms with E-state index in [1.54, 1.807) is 10.6 Å². The van der Waals surface area contributed by atoms with Crippen molar-refractivity contribution in [1.82, 2.24) is 4.90 Å². The Morgan fingerprint density at radius 3 is 2.54 bits per heavy atom. The fourth-order valence-electron chi connectivity index (χ4n) is 4.07. The molecule has 0 radical (unpaired) electrons. The van der Waals surface area contributed by atoms with E-state index in [9.17, 15) is 8.42 Å². The Morgan fingerprint density at radius 2 is 1.88 bits per heavy atom. The average Bonchev–Trinajstić information content (AvgIpc) is 3.17. The first-order valence-electron chi connectivity index (χ1n) is 8.30. The summed E-state index contributed by atoms with van der Waals surface area (Å²) in [4.78, 5) is 2.38. The smallest absolute Gasteiger partial charge is 0.232 e. The first-order valence-corrected chi connectivity index (χ1v) is 10.1. The third-order valence-electron chi connectivity index (χ3n) is 5.36. The van der Waals surface area contributed by atoms with E-state index in [-0.39, 0.29) is 5.41 Å². The van der Waals surface area contributed by atoms with Gasteiger partial charge in [0.1, 0.15) is 5.76 Å². The van der Waals surface area contributed by atoms with E-state index in [2.05, 4.69) is 11.0 Å². The van der Waals surface area contributed by atoms with E-state index in [1.807, 2.05) is 30.3 Å². The Morgan fingerprint density at radius 1 is 1.12 bits per heavy atom. The van der Waals surface area contributed by atoms with Crippen molar-refractivity contribution in [3.05, 3.63) is 54.0 Å². The number of anilines is 1. The van der Waals surface area contributed by atoms with E-state index >= 15 is 0 Å². The first-order chi connectivity index (χ1) is 11.5. The predicted molar refractivity (Wildman–Crippen MR) is 93.5 cm³/mol. The van der Waals surface area contributed by atoms with Gasteiger partial charge in [-0.05, 0) is 49.7 Å². The number of para-hydroxylation sites is 1. The van der Waals surface area contributed by atoms with Gasteiger partial charge in [0.25, 0.3) is 0 Å². The molecular formula is C18H22N2O3S. The number of sulfonamides is 1. The standard InChI is InChI=1S/C18H22N2O3S/c1-24(21,22)20-14-18(16-6-2-3-7-17(16)20)8-10-19(11-9-18)13-15-5-4-12-23-15/h2-7,12H,8-11,13-14H2,1H3. The van der Waals surface area contributed by atoms with Crippen LogP contribution in [0.5, 0.6) is 0 Å². The van der Waals surface area contributed by atoms with E-state index < -0.39 is 10.0 Å². The number of fused-ring (bicyclic) bond motifs is 2. The third-order valence-corrected chi connectivity index (χ3v) is 6.49. The van der Waals surface area contributed by atoms with E-state index in [0.717, 1.165) is 43.9 Å². The Kier molecular flexibility index (Phi) is 3.69.